The maximum atomic E-state index is 13.1. The van der Waals surface area contributed by atoms with E-state index in [1.54, 1.807) is 49.5 Å². The highest BCUT2D eigenvalue weighted by Crippen LogP contribution is 2.38. The lowest BCUT2D eigenvalue weighted by Crippen LogP contribution is -2.24. The molecule has 1 saturated heterocycles. The largest absolute Gasteiger partial charge is 0.497 e. The molecule has 2 heterocycles. The number of hydrogen-bond acceptors (Lipinski definition) is 6. The zero-order chi connectivity index (χ0) is 19.7. The van der Waals surface area contributed by atoms with E-state index in [-0.39, 0.29) is 24.1 Å². The van der Waals surface area contributed by atoms with Gasteiger partial charge in [0.15, 0.2) is 0 Å². The molecule has 1 aromatic heterocycles. The number of aromatic nitrogens is 2. The second-order valence-electron chi connectivity index (χ2n) is 6.41. The van der Waals surface area contributed by atoms with Gasteiger partial charge in [0.05, 0.1) is 25.8 Å². The van der Waals surface area contributed by atoms with E-state index in [1.807, 2.05) is 0 Å². The van der Waals surface area contributed by atoms with Crippen LogP contribution in [-0.2, 0) is 4.79 Å². The number of ether oxygens (including phenoxy) is 2. The Labute approximate surface area is 160 Å². The van der Waals surface area contributed by atoms with Crippen LogP contribution in [0, 0.1) is 5.82 Å². The third-order valence-electron chi connectivity index (χ3n) is 4.70. The molecule has 4 rings (SSSR count). The SMILES string of the molecule is COc1ccc(OC)c(N2CC(c3nc(-c4ccc(F)cc4)no3)CC2=O)c1. The van der Waals surface area contributed by atoms with Crippen LogP contribution < -0.4 is 14.4 Å². The van der Waals surface area contributed by atoms with E-state index in [0.717, 1.165) is 0 Å². The van der Waals surface area contributed by atoms with Crippen LogP contribution in [0.2, 0.25) is 0 Å². The van der Waals surface area contributed by atoms with Gasteiger partial charge in [0.2, 0.25) is 17.6 Å². The van der Waals surface area contributed by atoms with Gasteiger partial charge >= 0.3 is 0 Å². The maximum absolute atomic E-state index is 13.1. The van der Waals surface area contributed by atoms with E-state index in [1.165, 1.54) is 12.1 Å². The molecular weight excluding hydrogens is 365 g/mol. The Morgan fingerprint density at radius 3 is 2.64 bits per heavy atom. The summed E-state index contributed by atoms with van der Waals surface area (Å²) in [5.41, 5.74) is 1.28. The van der Waals surface area contributed by atoms with Crippen LogP contribution in [0.1, 0.15) is 18.2 Å². The number of benzene rings is 2. The van der Waals surface area contributed by atoms with Crippen LogP contribution >= 0.6 is 0 Å². The summed E-state index contributed by atoms with van der Waals surface area (Å²) in [6.07, 6.45) is 0.241. The lowest BCUT2D eigenvalue weighted by Gasteiger charge is -2.20. The minimum absolute atomic E-state index is 0.0712. The minimum Gasteiger partial charge on any atom is -0.497 e. The zero-order valence-corrected chi connectivity index (χ0v) is 15.4. The number of nitrogens with zero attached hydrogens (tertiary/aromatic N) is 3. The molecule has 28 heavy (non-hydrogen) atoms. The second-order valence-corrected chi connectivity index (χ2v) is 6.41. The molecule has 0 spiro atoms. The number of carbonyl (C=O) groups excluding carboxylic acids is 1. The first kappa shape index (κ1) is 18.0. The summed E-state index contributed by atoms with van der Waals surface area (Å²) in [6, 6.07) is 11.1. The molecular formula is C20H18FN3O4. The Balaban J connectivity index is 1.58. The fourth-order valence-corrected chi connectivity index (χ4v) is 3.23. The van der Waals surface area contributed by atoms with Crippen molar-refractivity contribution in [3.63, 3.8) is 0 Å². The van der Waals surface area contributed by atoms with Gasteiger partial charge in [0, 0.05) is 24.6 Å². The molecule has 2 aromatic carbocycles. The molecule has 1 atom stereocenters. The molecule has 1 unspecified atom stereocenters. The Kier molecular flexibility index (Phi) is 4.68. The fraction of sp³-hybridized carbons (Fsp3) is 0.250. The molecule has 1 aliphatic rings. The molecule has 8 heteroatoms. The van der Waals surface area contributed by atoms with Gasteiger partial charge in [-0.2, -0.15) is 4.98 Å². The van der Waals surface area contributed by atoms with Crippen LogP contribution in [0.3, 0.4) is 0 Å². The molecule has 0 N–H and O–H groups in total. The molecule has 0 bridgehead atoms. The number of carbonyl (C=O) groups is 1. The number of anilines is 1. The smallest absolute Gasteiger partial charge is 0.232 e. The standard InChI is InChI=1S/C20H18FN3O4/c1-26-15-7-8-17(27-2)16(10-15)24-11-13(9-18(24)25)20-22-19(23-28-20)12-3-5-14(21)6-4-12/h3-8,10,13H,9,11H2,1-2H3. The predicted octanol–water partition coefficient (Wildman–Crippen LogP) is 3.41. The zero-order valence-electron chi connectivity index (χ0n) is 15.4. The van der Waals surface area contributed by atoms with Gasteiger partial charge in [-0.25, -0.2) is 4.39 Å². The summed E-state index contributed by atoms with van der Waals surface area (Å²) in [6.45, 7) is 0.382. The molecule has 0 radical (unpaired) electrons. The van der Waals surface area contributed by atoms with Crippen molar-refractivity contribution in [3.05, 3.63) is 54.2 Å². The minimum atomic E-state index is -0.336. The number of rotatable bonds is 5. The van der Waals surface area contributed by atoms with Crippen LogP contribution in [0.4, 0.5) is 10.1 Å². The summed E-state index contributed by atoms with van der Waals surface area (Å²) in [5, 5.41) is 3.96. The van der Waals surface area contributed by atoms with E-state index >= 15 is 0 Å². The number of hydrogen-bond donors (Lipinski definition) is 0. The molecule has 144 valence electrons. The van der Waals surface area contributed by atoms with Gasteiger partial charge < -0.3 is 18.9 Å². The van der Waals surface area contributed by atoms with Gasteiger partial charge in [0.25, 0.3) is 0 Å². The summed E-state index contributed by atoms with van der Waals surface area (Å²) in [5.74, 6) is 1.28. The summed E-state index contributed by atoms with van der Waals surface area (Å²) >= 11 is 0. The summed E-state index contributed by atoms with van der Waals surface area (Å²) in [7, 11) is 3.12. The van der Waals surface area contributed by atoms with Crippen LogP contribution in [0.5, 0.6) is 11.5 Å². The molecule has 0 aliphatic carbocycles. The van der Waals surface area contributed by atoms with Gasteiger partial charge in [-0.3, -0.25) is 4.79 Å². The van der Waals surface area contributed by atoms with Gasteiger partial charge in [0.1, 0.15) is 17.3 Å². The molecule has 1 fully saturated rings. The Morgan fingerprint density at radius 1 is 1.14 bits per heavy atom. The van der Waals surface area contributed by atoms with Crippen molar-refractivity contribution in [1.82, 2.24) is 10.1 Å². The lowest BCUT2D eigenvalue weighted by atomic mass is 10.1. The van der Waals surface area contributed by atoms with Crippen molar-refractivity contribution < 1.29 is 23.2 Å². The quantitative estimate of drug-likeness (QED) is 0.672. The number of amides is 1. The first-order valence-corrected chi connectivity index (χ1v) is 8.71. The first-order valence-electron chi connectivity index (χ1n) is 8.71. The van der Waals surface area contributed by atoms with Crippen LogP contribution in [0.15, 0.2) is 47.0 Å². The van der Waals surface area contributed by atoms with Gasteiger partial charge in [-0.05, 0) is 36.4 Å². The molecule has 7 nitrogen and oxygen atoms in total. The average Bonchev–Trinajstić information content (AvgIpc) is 3.35. The van der Waals surface area contributed by atoms with Crippen LogP contribution in [0.25, 0.3) is 11.4 Å². The predicted molar refractivity (Wildman–Crippen MR) is 98.9 cm³/mol. The highest BCUT2D eigenvalue weighted by atomic mass is 19.1. The van der Waals surface area contributed by atoms with E-state index in [0.29, 0.717) is 41.0 Å². The van der Waals surface area contributed by atoms with Crippen molar-refractivity contribution in [3.8, 4) is 22.9 Å². The fourth-order valence-electron chi connectivity index (χ4n) is 3.23. The van der Waals surface area contributed by atoms with E-state index in [9.17, 15) is 9.18 Å². The van der Waals surface area contributed by atoms with Crippen molar-refractivity contribution in [2.45, 2.75) is 12.3 Å². The van der Waals surface area contributed by atoms with E-state index in [4.69, 9.17) is 14.0 Å². The van der Waals surface area contributed by atoms with Crippen molar-refractivity contribution in [2.24, 2.45) is 0 Å². The Morgan fingerprint density at radius 2 is 1.93 bits per heavy atom. The maximum Gasteiger partial charge on any atom is 0.232 e. The topological polar surface area (TPSA) is 77.7 Å². The third-order valence-corrected chi connectivity index (χ3v) is 4.70. The highest BCUT2D eigenvalue weighted by Gasteiger charge is 2.36. The third kappa shape index (κ3) is 3.28. The molecule has 1 amide bonds. The van der Waals surface area contributed by atoms with Crippen molar-refractivity contribution in [2.75, 3.05) is 25.7 Å². The Hall–Kier alpha value is -3.42. The van der Waals surface area contributed by atoms with Crippen molar-refractivity contribution >= 4 is 11.6 Å². The normalized spacial score (nSPS) is 16.5. The summed E-state index contributed by atoms with van der Waals surface area (Å²) < 4.78 is 29.1. The highest BCUT2D eigenvalue weighted by molar-refractivity contribution is 5.98. The molecule has 3 aromatic rings. The monoisotopic (exact) mass is 383 g/mol. The second kappa shape index (κ2) is 7.30. The van der Waals surface area contributed by atoms with Crippen molar-refractivity contribution in [1.29, 1.82) is 0 Å². The lowest BCUT2D eigenvalue weighted by molar-refractivity contribution is -0.117. The van der Waals surface area contributed by atoms with E-state index in [2.05, 4.69) is 10.1 Å². The van der Waals surface area contributed by atoms with Gasteiger partial charge in [-0.15, -0.1) is 0 Å². The summed E-state index contributed by atoms with van der Waals surface area (Å²) in [4.78, 5) is 18.7. The average molecular weight is 383 g/mol. The number of methoxy groups -OCH3 is 2. The van der Waals surface area contributed by atoms with Gasteiger partial charge in [-0.1, -0.05) is 5.16 Å². The van der Waals surface area contributed by atoms with E-state index < -0.39 is 0 Å². The Bertz CT molecular complexity index is 1000. The van der Waals surface area contributed by atoms with Crippen LogP contribution in [-0.4, -0.2) is 36.8 Å². The molecule has 0 saturated carbocycles. The number of halogens is 1. The molecule has 1 aliphatic heterocycles. The first-order chi connectivity index (χ1) is 13.6.